The zero-order chi connectivity index (χ0) is 22.1. The highest BCUT2D eigenvalue weighted by atomic mass is 35.5. The molecule has 0 aliphatic carbocycles. The van der Waals surface area contributed by atoms with Crippen molar-refractivity contribution in [3.63, 3.8) is 0 Å². The molecule has 162 valence electrons. The minimum Gasteiger partial charge on any atom is -0.484 e. The fourth-order valence-electron chi connectivity index (χ4n) is 2.93. The standard InChI is InChI=1S/C23H28ClFN2O3/c1-4-16(3)26-23(29)21(5-2)27(14-17-9-11-19(25)12-10-17)22(28)15-30-20-8-6-7-18(24)13-20/h6-13,16,21H,4-5,14-15H2,1-3H3,(H,26,29)/t16-,21+/m0/s1. The second kappa shape index (κ2) is 11.6. The molecule has 2 aromatic rings. The first kappa shape index (κ1) is 23.7. The Morgan fingerprint density at radius 2 is 1.83 bits per heavy atom. The van der Waals surface area contributed by atoms with Crippen LogP contribution in [-0.2, 0) is 16.1 Å². The predicted octanol–water partition coefficient (Wildman–Crippen LogP) is 4.58. The number of rotatable bonds is 10. The molecule has 2 rings (SSSR count). The first-order valence-electron chi connectivity index (χ1n) is 10.1. The van der Waals surface area contributed by atoms with Gasteiger partial charge >= 0.3 is 0 Å². The zero-order valence-electron chi connectivity index (χ0n) is 17.5. The lowest BCUT2D eigenvalue weighted by atomic mass is 10.1. The van der Waals surface area contributed by atoms with E-state index < -0.39 is 6.04 Å². The summed E-state index contributed by atoms with van der Waals surface area (Å²) in [4.78, 5) is 27.4. The second-order valence-electron chi connectivity index (χ2n) is 7.14. The summed E-state index contributed by atoms with van der Waals surface area (Å²) < 4.78 is 18.9. The van der Waals surface area contributed by atoms with Gasteiger partial charge in [-0.15, -0.1) is 0 Å². The third kappa shape index (κ3) is 7.02. The molecule has 0 spiro atoms. The molecule has 30 heavy (non-hydrogen) atoms. The van der Waals surface area contributed by atoms with Gasteiger partial charge in [0.1, 0.15) is 17.6 Å². The van der Waals surface area contributed by atoms with E-state index in [-0.39, 0.29) is 36.8 Å². The molecule has 0 heterocycles. The van der Waals surface area contributed by atoms with Crippen LogP contribution in [0.15, 0.2) is 48.5 Å². The maximum absolute atomic E-state index is 13.3. The van der Waals surface area contributed by atoms with Crippen molar-refractivity contribution in [1.29, 1.82) is 0 Å². The van der Waals surface area contributed by atoms with Crippen molar-refractivity contribution in [2.24, 2.45) is 0 Å². The Kier molecular flexibility index (Phi) is 9.12. The number of benzene rings is 2. The number of halogens is 2. The number of amides is 2. The van der Waals surface area contributed by atoms with Crippen LogP contribution in [0.25, 0.3) is 0 Å². The summed E-state index contributed by atoms with van der Waals surface area (Å²) in [7, 11) is 0. The van der Waals surface area contributed by atoms with Gasteiger partial charge in [-0.2, -0.15) is 0 Å². The topological polar surface area (TPSA) is 58.6 Å². The SMILES string of the molecule is CC[C@H](C(=O)N[C@@H](C)CC)N(Cc1ccc(F)cc1)C(=O)COc1cccc(Cl)c1. The molecule has 0 bridgehead atoms. The third-order valence-corrected chi connectivity index (χ3v) is 5.05. The fourth-order valence-corrected chi connectivity index (χ4v) is 3.11. The van der Waals surface area contributed by atoms with E-state index in [0.29, 0.717) is 17.2 Å². The van der Waals surface area contributed by atoms with Crippen LogP contribution in [0.3, 0.4) is 0 Å². The van der Waals surface area contributed by atoms with Gasteiger partial charge in [-0.1, -0.05) is 43.6 Å². The molecule has 5 nitrogen and oxygen atoms in total. The number of carbonyl (C=O) groups is 2. The summed E-state index contributed by atoms with van der Waals surface area (Å²) in [6, 6.07) is 12.0. The van der Waals surface area contributed by atoms with Crippen molar-refractivity contribution in [2.45, 2.75) is 52.2 Å². The van der Waals surface area contributed by atoms with E-state index in [4.69, 9.17) is 16.3 Å². The number of hydrogen-bond acceptors (Lipinski definition) is 3. The molecule has 0 unspecified atom stereocenters. The molecule has 1 N–H and O–H groups in total. The van der Waals surface area contributed by atoms with E-state index in [2.05, 4.69) is 5.32 Å². The quantitative estimate of drug-likeness (QED) is 0.595. The molecule has 0 aliphatic heterocycles. The van der Waals surface area contributed by atoms with Crippen LogP contribution >= 0.6 is 11.6 Å². The van der Waals surface area contributed by atoms with Crippen LogP contribution in [0.5, 0.6) is 5.75 Å². The Bertz CT molecular complexity index is 845. The van der Waals surface area contributed by atoms with Crippen LogP contribution < -0.4 is 10.1 Å². The largest absolute Gasteiger partial charge is 0.484 e. The third-order valence-electron chi connectivity index (χ3n) is 4.81. The Morgan fingerprint density at radius 1 is 1.13 bits per heavy atom. The van der Waals surface area contributed by atoms with Gasteiger partial charge in [0.15, 0.2) is 6.61 Å². The average molecular weight is 435 g/mol. The Hall–Kier alpha value is -2.60. The highest BCUT2D eigenvalue weighted by molar-refractivity contribution is 6.30. The van der Waals surface area contributed by atoms with Gasteiger partial charge in [0.05, 0.1) is 0 Å². The van der Waals surface area contributed by atoms with Crippen LogP contribution in [0.4, 0.5) is 4.39 Å². The minimum absolute atomic E-state index is 0.00275. The van der Waals surface area contributed by atoms with E-state index in [1.165, 1.54) is 17.0 Å². The van der Waals surface area contributed by atoms with Gasteiger partial charge in [-0.25, -0.2) is 4.39 Å². The van der Waals surface area contributed by atoms with E-state index in [1.54, 1.807) is 36.4 Å². The van der Waals surface area contributed by atoms with Crippen LogP contribution in [-0.4, -0.2) is 35.4 Å². The molecule has 0 saturated carbocycles. The Labute approximate surface area is 182 Å². The molecule has 0 radical (unpaired) electrons. The van der Waals surface area contributed by atoms with Crippen molar-refractivity contribution in [1.82, 2.24) is 10.2 Å². The van der Waals surface area contributed by atoms with E-state index in [1.807, 2.05) is 20.8 Å². The van der Waals surface area contributed by atoms with Gasteiger partial charge in [-0.05, 0) is 55.7 Å². The van der Waals surface area contributed by atoms with Gasteiger partial charge in [0.2, 0.25) is 5.91 Å². The van der Waals surface area contributed by atoms with Crippen molar-refractivity contribution in [2.75, 3.05) is 6.61 Å². The molecule has 0 aliphatic rings. The molecule has 0 saturated heterocycles. The number of hydrogen-bond donors (Lipinski definition) is 1. The van der Waals surface area contributed by atoms with Crippen LogP contribution in [0.1, 0.15) is 39.2 Å². The van der Waals surface area contributed by atoms with Gasteiger partial charge in [0.25, 0.3) is 5.91 Å². The van der Waals surface area contributed by atoms with Gasteiger partial charge < -0.3 is 15.0 Å². The maximum Gasteiger partial charge on any atom is 0.261 e. The number of carbonyl (C=O) groups excluding carboxylic acids is 2. The highest BCUT2D eigenvalue weighted by Gasteiger charge is 2.29. The lowest BCUT2D eigenvalue weighted by Crippen LogP contribution is -2.51. The van der Waals surface area contributed by atoms with Gasteiger partial charge in [0, 0.05) is 17.6 Å². The first-order chi connectivity index (χ1) is 14.3. The second-order valence-corrected chi connectivity index (χ2v) is 7.57. The number of nitrogens with one attached hydrogen (secondary N) is 1. The first-order valence-corrected chi connectivity index (χ1v) is 10.4. The Morgan fingerprint density at radius 3 is 2.43 bits per heavy atom. The molecule has 7 heteroatoms. The van der Waals surface area contributed by atoms with E-state index in [0.717, 1.165) is 12.0 Å². The molecule has 2 atom stereocenters. The molecular formula is C23H28ClFN2O3. The maximum atomic E-state index is 13.3. The average Bonchev–Trinajstić information content (AvgIpc) is 2.73. The highest BCUT2D eigenvalue weighted by Crippen LogP contribution is 2.18. The molecule has 0 aromatic heterocycles. The smallest absolute Gasteiger partial charge is 0.261 e. The minimum atomic E-state index is -0.667. The van der Waals surface area contributed by atoms with Crippen LogP contribution in [0.2, 0.25) is 5.02 Å². The monoisotopic (exact) mass is 434 g/mol. The lowest BCUT2D eigenvalue weighted by Gasteiger charge is -2.31. The van der Waals surface area contributed by atoms with Crippen molar-refractivity contribution in [3.05, 3.63) is 64.9 Å². The number of ether oxygens (including phenoxy) is 1. The van der Waals surface area contributed by atoms with Crippen LogP contribution in [0, 0.1) is 5.82 Å². The van der Waals surface area contributed by atoms with Crippen molar-refractivity contribution >= 4 is 23.4 Å². The van der Waals surface area contributed by atoms with Crippen molar-refractivity contribution in [3.8, 4) is 5.75 Å². The normalized spacial score (nSPS) is 12.7. The molecule has 2 amide bonds. The summed E-state index contributed by atoms with van der Waals surface area (Å²) in [5, 5.41) is 3.44. The zero-order valence-corrected chi connectivity index (χ0v) is 18.3. The summed E-state index contributed by atoms with van der Waals surface area (Å²) in [6.45, 7) is 5.67. The summed E-state index contributed by atoms with van der Waals surface area (Å²) >= 11 is 5.96. The van der Waals surface area contributed by atoms with E-state index in [9.17, 15) is 14.0 Å². The fraction of sp³-hybridized carbons (Fsp3) is 0.391. The summed E-state index contributed by atoms with van der Waals surface area (Å²) in [5.74, 6) is -0.451. The molecule has 0 fully saturated rings. The van der Waals surface area contributed by atoms with Gasteiger partial charge in [-0.3, -0.25) is 9.59 Å². The summed E-state index contributed by atoms with van der Waals surface area (Å²) in [6.07, 6.45) is 1.22. The summed E-state index contributed by atoms with van der Waals surface area (Å²) in [5.41, 5.74) is 0.724. The van der Waals surface area contributed by atoms with E-state index >= 15 is 0 Å². The Balaban J connectivity index is 2.20. The lowest BCUT2D eigenvalue weighted by molar-refractivity contribution is -0.143. The predicted molar refractivity (Wildman–Crippen MR) is 116 cm³/mol. The number of nitrogens with zero attached hydrogens (tertiary/aromatic N) is 1. The molecule has 2 aromatic carbocycles. The van der Waals surface area contributed by atoms with Crippen molar-refractivity contribution < 1.29 is 18.7 Å². The molecular weight excluding hydrogens is 407 g/mol.